The van der Waals surface area contributed by atoms with Gasteiger partial charge in [-0.1, -0.05) is 12.1 Å². The monoisotopic (exact) mass is 315 g/mol. The minimum Gasteiger partial charge on any atom is -0.465 e. The van der Waals surface area contributed by atoms with Crippen molar-refractivity contribution in [2.45, 2.75) is 25.1 Å². The van der Waals surface area contributed by atoms with Gasteiger partial charge >= 0.3 is 5.97 Å². The molecule has 1 aliphatic rings. The van der Waals surface area contributed by atoms with Crippen LogP contribution in [0, 0.1) is 0 Å². The fourth-order valence-corrected chi connectivity index (χ4v) is 2.27. The molecule has 1 atom stereocenters. The van der Waals surface area contributed by atoms with Gasteiger partial charge in [0.05, 0.1) is 18.2 Å². The highest BCUT2D eigenvalue weighted by atomic mass is 19.3. The van der Waals surface area contributed by atoms with Crippen molar-refractivity contribution in [3.63, 3.8) is 0 Å². The molecule has 1 aliphatic heterocycles. The summed E-state index contributed by atoms with van der Waals surface area (Å²) in [6.45, 7) is 0. The number of carbonyl (C=O) groups excluding carboxylic acids is 3. The van der Waals surface area contributed by atoms with Gasteiger partial charge in [-0.05, 0) is 12.1 Å². The van der Waals surface area contributed by atoms with Crippen molar-refractivity contribution in [3.05, 3.63) is 35.4 Å². The van der Waals surface area contributed by atoms with Gasteiger partial charge in [-0.25, -0.2) is 22.9 Å². The average molecular weight is 315 g/mol. The molecule has 0 saturated carbocycles. The second kappa shape index (κ2) is 5.78. The maximum atomic E-state index is 15.0. The highest BCUT2D eigenvalue weighted by Gasteiger charge is 2.55. The topological polar surface area (TPSA) is 63.7 Å². The smallest absolute Gasteiger partial charge is 0.365 e. The summed E-state index contributed by atoms with van der Waals surface area (Å²) < 4.78 is 44.0. The molecular formula is C14H12F3NO4. The summed E-state index contributed by atoms with van der Waals surface area (Å²) in [7, 11) is 0.844. The molecule has 0 radical (unpaired) electrons. The average Bonchev–Trinajstić information content (AvgIpc) is 2.76. The molecule has 1 heterocycles. The maximum absolute atomic E-state index is 15.0. The van der Waals surface area contributed by atoms with Crippen LogP contribution >= 0.6 is 0 Å². The fourth-order valence-electron chi connectivity index (χ4n) is 2.27. The van der Waals surface area contributed by atoms with Crippen LogP contribution in [-0.2, 0) is 9.53 Å². The molecule has 22 heavy (non-hydrogen) atoms. The third-order valence-electron chi connectivity index (χ3n) is 3.34. The van der Waals surface area contributed by atoms with Gasteiger partial charge < -0.3 is 4.74 Å². The molecule has 2 rings (SSSR count). The van der Waals surface area contributed by atoms with Crippen molar-refractivity contribution in [2.24, 2.45) is 0 Å². The maximum Gasteiger partial charge on any atom is 0.365 e. The third kappa shape index (κ3) is 2.44. The predicted molar refractivity (Wildman–Crippen MR) is 68.0 cm³/mol. The van der Waals surface area contributed by atoms with E-state index in [9.17, 15) is 27.6 Å². The van der Waals surface area contributed by atoms with Gasteiger partial charge in [0.25, 0.3) is 17.6 Å². The first kappa shape index (κ1) is 16.0. The molecule has 1 unspecified atom stereocenters. The Labute approximate surface area is 123 Å². The van der Waals surface area contributed by atoms with Gasteiger partial charge in [0, 0.05) is 12.8 Å². The molecule has 1 aromatic rings. The van der Waals surface area contributed by atoms with Gasteiger partial charge in [-0.2, -0.15) is 0 Å². The Morgan fingerprint density at radius 3 is 2.14 bits per heavy atom. The number of alkyl halides is 3. The number of methoxy groups -OCH3 is 1. The van der Waals surface area contributed by atoms with Crippen LogP contribution in [0.3, 0.4) is 0 Å². The minimum absolute atomic E-state index is 0.0614. The van der Waals surface area contributed by atoms with Gasteiger partial charge in [0.15, 0.2) is 0 Å². The summed E-state index contributed by atoms with van der Waals surface area (Å²) in [6.07, 6.45) is -4.93. The summed E-state index contributed by atoms with van der Waals surface area (Å²) in [4.78, 5) is 36.1. The van der Waals surface area contributed by atoms with Crippen LogP contribution in [0.5, 0.6) is 0 Å². The number of carbonyl (C=O) groups is 3. The second-order valence-corrected chi connectivity index (χ2v) is 4.67. The summed E-state index contributed by atoms with van der Waals surface area (Å²) >= 11 is 0. The number of ether oxygens (including phenoxy) is 1. The summed E-state index contributed by atoms with van der Waals surface area (Å²) in [6, 6.07) is 5.51. The van der Waals surface area contributed by atoms with E-state index in [1.165, 1.54) is 24.3 Å². The Kier molecular flexibility index (Phi) is 4.20. The van der Waals surface area contributed by atoms with Crippen LogP contribution in [0.1, 0.15) is 33.6 Å². The van der Waals surface area contributed by atoms with Crippen LogP contribution in [0.2, 0.25) is 0 Å². The number of imide groups is 1. The molecule has 0 aliphatic carbocycles. The number of amides is 2. The first-order valence-electron chi connectivity index (χ1n) is 6.36. The van der Waals surface area contributed by atoms with E-state index in [4.69, 9.17) is 0 Å². The van der Waals surface area contributed by atoms with E-state index < -0.39 is 42.8 Å². The van der Waals surface area contributed by atoms with E-state index in [0.717, 1.165) is 7.11 Å². The number of benzene rings is 1. The van der Waals surface area contributed by atoms with Crippen LogP contribution < -0.4 is 0 Å². The Morgan fingerprint density at radius 2 is 1.73 bits per heavy atom. The molecule has 118 valence electrons. The zero-order valence-electron chi connectivity index (χ0n) is 11.5. The van der Waals surface area contributed by atoms with Crippen LogP contribution in [0.4, 0.5) is 13.2 Å². The largest absolute Gasteiger partial charge is 0.465 e. The molecule has 8 heteroatoms. The van der Waals surface area contributed by atoms with Crippen molar-refractivity contribution in [1.29, 1.82) is 0 Å². The van der Waals surface area contributed by atoms with E-state index in [1.54, 1.807) is 0 Å². The SMILES string of the molecule is COC(=O)C(F)(CCC(F)F)N1C(=O)c2ccccc2C1=O. The lowest BCUT2D eigenvalue weighted by Gasteiger charge is -2.30. The molecule has 0 bridgehead atoms. The van der Waals surface area contributed by atoms with Crippen molar-refractivity contribution < 1.29 is 32.3 Å². The molecule has 0 aromatic heterocycles. The lowest BCUT2D eigenvalue weighted by atomic mass is 10.1. The van der Waals surface area contributed by atoms with E-state index in [0.29, 0.717) is 0 Å². The van der Waals surface area contributed by atoms with Crippen LogP contribution in [0.15, 0.2) is 24.3 Å². The Balaban J connectivity index is 2.43. The molecule has 0 fully saturated rings. The second-order valence-electron chi connectivity index (χ2n) is 4.67. The number of hydrogen-bond donors (Lipinski definition) is 0. The standard InChI is InChI=1S/C14H12F3NO4/c1-22-13(21)14(17,7-6-10(15)16)18-11(19)8-4-2-3-5-9(8)12(18)20/h2-5,10H,6-7H2,1H3. The number of halogens is 3. The highest BCUT2D eigenvalue weighted by molar-refractivity contribution is 6.23. The summed E-state index contributed by atoms with van der Waals surface area (Å²) in [5.41, 5.74) is -0.175. The van der Waals surface area contributed by atoms with E-state index in [2.05, 4.69) is 4.74 Å². The fraction of sp³-hybridized carbons (Fsp3) is 0.357. The molecule has 0 N–H and O–H groups in total. The first-order chi connectivity index (χ1) is 10.3. The summed E-state index contributed by atoms with van der Waals surface area (Å²) in [5, 5.41) is 0. The predicted octanol–water partition coefficient (Wildman–Crippen LogP) is 2.17. The summed E-state index contributed by atoms with van der Waals surface area (Å²) in [5.74, 6) is -6.94. The number of rotatable bonds is 5. The van der Waals surface area contributed by atoms with Gasteiger partial charge in [-0.3, -0.25) is 9.59 Å². The number of nitrogens with zero attached hydrogens (tertiary/aromatic N) is 1. The van der Waals surface area contributed by atoms with E-state index >= 15 is 0 Å². The molecule has 2 amide bonds. The lowest BCUT2D eigenvalue weighted by Crippen LogP contribution is -2.54. The van der Waals surface area contributed by atoms with Crippen molar-refractivity contribution in [1.82, 2.24) is 4.90 Å². The first-order valence-corrected chi connectivity index (χ1v) is 6.36. The molecular weight excluding hydrogens is 303 g/mol. The lowest BCUT2D eigenvalue weighted by molar-refractivity contribution is -0.165. The van der Waals surface area contributed by atoms with Crippen LogP contribution in [0.25, 0.3) is 0 Å². The van der Waals surface area contributed by atoms with Gasteiger partial charge in [0.1, 0.15) is 0 Å². The minimum atomic E-state index is -3.27. The highest BCUT2D eigenvalue weighted by Crippen LogP contribution is 2.35. The quantitative estimate of drug-likeness (QED) is 0.474. The van der Waals surface area contributed by atoms with E-state index in [-0.39, 0.29) is 16.0 Å². The zero-order chi connectivity index (χ0) is 16.5. The van der Waals surface area contributed by atoms with Crippen LogP contribution in [-0.4, -0.2) is 42.0 Å². The molecule has 0 saturated heterocycles. The number of fused-ring (bicyclic) bond motifs is 1. The molecule has 5 nitrogen and oxygen atoms in total. The molecule has 1 aromatic carbocycles. The van der Waals surface area contributed by atoms with Gasteiger partial charge in [0.2, 0.25) is 6.43 Å². The Morgan fingerprint density at radius 1 is 1.23 bits per heavy atom. The number of esters is 1. The van der Waals surface area contributed by atoms with Crippen molar-refractivity contribution >= 4 is 17.8 Å². The van der Waals surface area contributed by atoms with E-state index in [1.807, 2.05) is 0 Å². The number of hydrogen-bond acceptors (Lipinski definition) is 4. The van der Waals surface area contributed by atoms with Crippen molar-refractivity contribution in [3.8, 4) is 0 Å². The van der Waals surface area contributed by atoms with Crippen molar-refractivity contribution in [2.75, 3.05) is 7.11 Å². The molecule has 0 spiro atoms. The Bertz CT molecular complexity index is 599. The van der Waals surface area contributed by atoms with Gasteiger partial charge in [-0.15, -0.1) is 0 Å². The Hall–Kier alpha value is -2.38. The normalized spacial score (nSPS) is 16.7. The third-order valence-corrected chi connectivity index (χ3v) is 3.34. The zero-order valence-corrected chi connectivity index (χ0v) is 11.5.